The number of nitrogens with two attached hydrogens (primary N) is 1. The number of ether oxygens (including phenoxy) is 1. The summed E-state index contributed by atoms with van der Waals surface area (Å²) in [5.41, 5.74) is 7.62. The molecule has 0 aromatic heterocycles. The first-order valence-electron chi connectivity index (χ1n) is 6.50. The fourth-order valence-corrected chi connectivity index (χ4v) is 1.87. The maximum absolute atomic E-state index is 5.67. The monoisotopic (exact) mass is 256 g/mol. The SMILES string of the molecule is CN(CCCOc1ccc(N)cc1)c1ccccc1. The summed E-state index contributed by atoms with van der Waals surface area (Å²) in [4.78, 5) is 2.23. The van der Waals surface area contributed by atoms with Crippen molar-refractivity contribution in [3.63, 3.8) is 0 Å². The van der Waals surface area contributed by atoms with E-state index >= 15 is 0 Å². The summed E-state index contributed by atoms with van der Waals surface area (Å²) >= 11 is 0. The van der Waals surface area contributed by atoms with Crippen LogP contribution < -0.4 is 15.4 Å². The molecule has 0 aliphatic heterocycles. The van der Waals surface area contributed by atoms with Crippen molar-refractivity contribution in [1.29, 1.82) is 0 Å². The largest absolute Gasteiger partial charge is 0.494 e. The quantitative estimate of drug-likeness (QED) is 0.637. The van der Waals surface area contributed by atoms with Gasteiger partial charge in [0.1, 0.15) is 5.75 Å². The fraction of sp³-hybridized carbons (Fsp3) is 0.250. The van der Waals surface area contributed by atoms with Crippen LogP contribution in [0.5, 0.6) is 5.75 Å². The van der Waals surface area contributed by atoms with E-state index in [4.69, 9.17) is 10.5 Å². The normalized spacial score (nSPS) is 10.2. The minimum atomic E-state index is 0.709. The highest BCUT2D eigenvalue weighted by molar-refractivity contribution is 5.45. The maximum atomic E-state index is 5.67. The first-order valence-corrected chi connectivity index (χ1v) is 6.50. The van der Waals surface area contributed by atoms with Crippen LogP contribution in [0.25, 0.3) is 0 Å². The van der Waals surface area contributed by atoms with Crippen molar-refractivity contribution in [3.8, 4) is 5.75 Å². The van der Waals surface area contributed by atoms with Gasteiger partial charge in [-0.2, -0.15) is 0 Å². The summed E-state index contributed by atoms with van der Waals surface area (Å²) in [6.45, 7) is 1.68. The van der Waals surface area contributed by atoms with Crippen LogP contribution in [-0.2, 0) is 0 Å². The average molecular weight is 256 g/mol. The number of hydrogen-bond acceptors (Lipinski definition) is 3. The van der Waals surface area contributed by atoms with Crippen molar-refractivity contribution in [2.75, 3.05) is 30.8 Å². The van der Waals surface area contributed by atoms with Gasteiger partial charge in [0, 0.05) is 25.0 Å². The lowest BCUT2D eigenvalue weighted by molar-refractivity contribution is 0.312. The average Bonchev–Trinajstić information content (AvgIpc) is 2.46. The summed E-state index contributed by atoms with van der Waals surface area (Å²) in [7, 11) is 2.10. The molecule has 0 heterocycles. The zero-order valence-corrected chi connectivity index (χ0v) is 11.3. The Labute approximate surface area is 114 Å². The predicted molar refractivity (Wildman–Crippen MR) is 80.7 cm³/mol. The van der Waals surface area contributed by atoms with Gasteiger partial charge in [-0.3, -0.25) is 0 Å². The number of para-hydroxylation sites is 1. The lowest BCUT2D eigenvalue weighted by Gasteiger charge is -2.19. The van der Waals surface area contributed by atoms with Crippen LogP contribution in [0.15, 0.2) is 54.6 Å². The van der Waals surface area contributed by atoms with Crippen molar-refractivity contribution in [3.05, 3.63) is 54.6 Å². The molecule has 0 fully saturated rings. The minimum absolute atomic E-state index is 0.709. The lowest BCUT2D eigenvalue weighted by atomic mass is 10.3. The molecule has 0 atom stereocenters. The van der Waals surface area contributed by atoms with E-state index in [1.54, 1.807) is 0 Å². The van der Waals surface area contributed by atoms with Gasteiger partial charge in [-0.1, -0.05) is 18.2 Å². The van der Waals surface area contributed by atoms with Crippen LogP contribution in [0.2, 0.25) is 0 Å². The topological polar surface area (TPSA) is 38.5 Å². The van der Waals surface area contributed by atoms with E-state index in [2.05, 4.69) is 36.2 Å². The van der Waals surface area contributed by atoms with Gasteiger partial charge in [-0.05, 0) is 42.8 Å². The first kappa shape index (κ1) is 13.3. The number of benzene rings is 2. The second-order valence-corrected chi connectivity index (χ2v) is 4.53. The Morgan fingerprint density at radius 2 is 1.68 bits per heavy atom. The summed E-state index contributed by atoms with van der Waals surface area (Å²) in [5, 5.41) is 0. The van der Waals surface area contributed by atoms with Crippen LogP contribution in [-0.4, -0.2) is 20.2 Å². The molecular weight excluding hydrogens is 236 g/mol. The lowest BCUT2D eigenvalue weighted by Crippen LogP contribution is -2.20. The third kappa shape index (κ3) is 4.21. The number of hydrogen-bond donors (Lipinski definition) is 1. The molecule has 100 valence electrons. The number of nitrogens with zero attached hydrogens (tertiary/aromatic N) is 1. The van der Waals surface area contributed by atoms with Gasteiger partial charge in [0.15, 0.2) is 0 Å². The summed E-state index contributed by atoms with van der Waals surface area (Å²) in [6, 6.07) is 17.9. The molecule has 2 aromatic carbocycles. The molecule has 0 unspecified atom stereocenters. The van der Waals surface area contributed by atoms with Crippen LogP contribution in [0, 0.1) is 0 Å². The second kappa shape index (κ2) is 6.69. The predicted octanol–water partition coefficient (Wildman–Crippen LogP) is 3.17. The van der Waals surface area contributed by atoms with Gasteiger partial charge >= 0.3 is 0 Å². The molecule has 0 bridgehead atoms. The molecule has 3 nitrogen and oxygen atoms in total. The molecule has 0 radical (unpaired) electrons. The van der Waals surface area contributed by atoms with Crippen molar-refractivity contribution >= 4 is 11.4 Å². The molecule has 2 N–H and O–H groups in total. The van der Waals surface area contributed by atoms with Crippen LogP contribution in [0.3, 0.4) is 0 Å². The molecule has 0 spiro atoms. The third-order valence-corrected chi connectivity index (χ3v) is 2.98. The molecule has 0 aliphatic rings. The van der Waals surface area contributed by atoms with E-state index in [1.807, 2.05) is 30.3 Å². The number of rotatable bonds is 6. The number of nitrogen functional groups attached to an aromatic ring is 1. The Morgan fingerprint density at radius 3 is 2.37 bits per heavy atom. The van der Waals surface area contributed by atoms with Gasteiger partial charge in [0.05, 0.1) is 6.61 Å². The maximum Gasteiger partial charge on any atom is 0.119 e. The highest BCUT2D eigenvalue weighted by Gasteiger charge is 1.99. The standard InChI is InChI=1S/C16H20N2O/c1-18(15-6-3-2-4-7-15)12-5-13-19-16-10-8-14(17)9-11-16/h2-4,6-11H,5,12-13,17H2,1H3. The van der Waals surface area contributed by atoms with Crippen molar-refractivity contribution in [2.24, 2.45) is 0 Å². The molecule has 19 heavy (non-hydrogen) atoms. The molecule has 3 heteroatoms. The summed E-state index contributed by atoms with van der Waals surface area (Å²) in [5.74, 6) is 0.872. The fourth-order valence-electron chi connectivity index (χ4n) is 1.87. The van der Waals surface area contributed by atoms with Gasteiger partial charge in [-0.25, -0.2) is 0 Å². The van der Waals surface area contributed by atoms with Gasteiger partial charge in [-0.15, -0.1) is 0 Å². The zero-order chi connectivity index (χ0) is 13.5. The number of anilines is 2. The second-order valence-electron chi connectivity index (χ2n) is 4.53. The molecule has 0 saturated heterocycles. The van der Waals surface area contributed by atoms with E-state index in [0.717, 1.165) is 24.4 Å². The van der Waals surface area contributed by atoms with Crippen molar-refractivity contribution in [1.82, 2.24) is 0 Å². The molecule has 0 aliphatic carbocycles. The highest BCUT2D eigenvalue weighted by Crippen LogP contribution is 2.14. The Balaban J connectivity index is 1.71. The minimum Gasteiger partial charge on any atom is -0.494 e. The zero-order valence-electron chi connectivity index (χ0n) is 11.3. The van der Waals surface area contributed by atoms with E-state index in [0.29, 0.717) is 6.61 Å². The van der Waals surface area contributed by atoms with Crippen molar-refractivity contribution < 1.29 is 4.74 Å². The van der Waals surface area contributed by atoms with E-state index in [9.17, 15) is 0 Å². The van der Waals surface area contributed by atoms with Gasteiger partial charge < -0.3 is 15.4 Å². The van der Waals surface area contributed by atoms with Crippen LogP contribution >= 0.6 is 0 Å². The smallest absolute Gasteiger partial charge is 0.119 e. The van der Waals surface area contributed by atoms with E-state index in [1.165, 1.54) is 5.69 Å². The summed E-state index contributed by atoms with van der Waals surface area (Å²) < 4.78 is 5.67. The molecule has 0 saturated carbocycles. The Kier molecular flexibility index (Phi) is 4.67. The van der Waals surface area contributed by atoms with Gasteiger partial charge in [0.25, 0.3) is 0 Å². The summed E-state index contributed by atoms with van der Waals surface area (Å²) in [6.07, 6.45) is 0.982. The molecule has 0 amide bonds. The van der Waals surface area contributed by atoms with Gasteiger partial charge in [0.2, 0.25) is 0 Å². The Bertz CT molecular complexity index is 482. The molecule has 2 rings (SSSR count). The van der Waals surface area contributed by atoms with Crippen LogP contribution in [0.1, 0.15) is 6.42 Å². The van der Waals surface area contributed by atoms with Crippen LogP contribution in [0.4, 0.5) is 11.4 Å². The highest BCUT2D eigenvalue weighted by atomic mass is 16.5. The Morgan fingerprint density at radius 1 is 1.00 bits per heavy atom. The first-order chi connectivity index (χ1) is 9.25. The molecule has 2 aromatic rings. The molecular formula is C16H20N2O. The van der Waals surface area contributed by atoms with E-state index in [-0.39, 0.29) is 0 Å². The van der Waals surface area contributed by atoms with E-state index < -0.39 is 0 Å². The third-order valence-electron chi connectivity index (χ3n) is 2.98. The van der Waals surface area contributed by atoms with Crippen molar-refractivity contribution in [2.45, 2.75) is 6.42 Å². The Hall–Kier alpha value is -2.16.